The molecule has 2 N–H and O–H groups in total. The number of hydrogen-bond acceptors (Lipinski definition) is 7. The summed E-state index contributed by atoms with van der Waals surface area (Å²) in [6.07, 6.45) is 0. The largest absolute Gasteiger partial charge is 0.507 e. The van der Waals surface area contributed by atoms with Crippen LogP contribution in [-0.4, -0.2) is 40.9 Å². The Morgan fingerprint density at radius 3 is 2.66 bits per heavy atom. The summed E-state index contributed by atoms with van der Waals surface area (Å²) in [6.45, 7) is 6.35. The van der Waals surface area contributed by atoms with Crippen molar-refractivity contribution in [3.05, 3.63) is 59.6 Å². The highest BCUT2D eigenvalue weighted by molar-refractivity contribution is 5.90. The zero-order valence-corrected chi connectivity index (χ0v) is 18.2. The standard InChI is InChI=1S/C24H25N3O5/c1-4-30-22-11-16(9-10-21(22)31-13-15(2)3)24(29)32-14-20(28)17(12-25)23-26-18-7-5-6-8-19(18)27-23/h5-11,15,28H,4,13-14H2,1-3H3,(H,26,27)/b20-17-. The molecule has 166 valence electrons. The van der Waals surface area contributed by atoms with Crippen LogP contribution in [0.2, 0.25) is 0 Å². The number of H-pyrrole nitrogens is 1. The van der Waals surface area contributed by atoms with Gasteiger partial charge in [0.2, 0.25) is 0 Å². The Labute approximate surface area is 186 Å². The minimum absolute atomic E-state index is 0.0959. The van der Waals surface area contributed by atoms with E-state index in [4.69, 9.17) is 14.2 Å². The van der Waals surface area contributed by atoms with Crippen LogP contribution in [0.4, 0.5) is 0 Å². The quantitative estimate of drug-likeness (QED) is 0.285. The van der Waals surface area contributed by atoms with Crippen molar-refractivity contribution in [3.8, 4) is 17.6 Å². The lowest BCUT2D eigenvalue weighted by molar-refractivity contribution is 0.0502. The lowest BCUT2D eigenvalue weighted by Gasteiger charge is -2.14. The van der Waals surface area contributed by atoms with Crippen LogP contribution < -0.4 is 9.47 Å². The predicted molar refractivity (Wildman–Crippen MR) is 119 cm³/mol. The molecule has 32 heavy (non-hydrogen) atoms. The van der Waals surface area contributed by atoms with E-state index in [1.165, 1.54) is 6.07 Å². The van der Waals surface area contributed by atoms with Gasteiger partial charge in [0.15, 0.2) is 23.1 Å². The average Bonchev–Trinajstić information content (AvgIpc) is 3.20. The monoisotopic (exact) mass is 435 g/mol. The Kier molecular flexibility index (Phi) is 7.34. The number of nitrogens with one attached hydrogen (secondary N) is 1. The first-order chi connectivity index (χ1) is 15.4. The number of benzene rings is 2. The number of rotatable bonds is 9. The first kappa shape index (κ1) is 22.7. The maximum atomic E-state index is 12.5. The molecule has 0 aliphatic rings. The Morgan fingerprint density at radius 1 is 1.19 bits per heavy atom. The number of hydrogen-bond donors (Lipinski definition) is 2. The highest BCUT2D eigenvalue weighted by atomic mass is 16.5. The summed E-state index contributed by atoms with van der Waals surface area (Å²) in [6, 6.07) is 13.9. The maximum absolute atomic E-state index is 12.5. The predicted octanol–water partition coefficient (Wildman–Crippen LogP) is 4.65. The van der Waals surface area contributed by atoms with E-state index in [0.29, 0.717) is 36.1 Å². The molecule has 8 nitrogen and oxygen atoms in total. The summed E-state index contributed by atoms with van der Waals surface area (Å²) in [7, 11) is 0. The molecule has 3 aromatic rings. The van der Waals surface area contributed by atoms with Crippen LogP contribution in [-0.2, 0) is 4.74 Å². The molecule has 0 aliphatic heterocycles. The van der Waals surface area contributed by atoms with E-state index in [-0.39, 0.29) is 17.0 Å². The fourth-order valence-electron chi connectivity index (χ4n) is 2.89. The van der Waals surface area contributed by atoms with E-state index < -0.39 is 18.3 Å². The number of para-hydroxylation sites is 2. The van der Waals surface area contributed by atoms with Crippen molar-refractivity contribution >= 4 is 22.6 Å². The fourth-order valence-corrected chi connectivity index (χ4v) is 2.89. The number of allylic oxidation sites excluding steroid dienone is 1. The van der Waals surface area contributed by atoms with Crippen LogP contribution in [0.15, 0.2) is 48.2 Å². The number of carbonyl (C=O) groups excluding carboxylic acids is 1. The van der Waals surface area contributed by atoms with E-state index in [1.54, 1.807) is 18.2 Å². The first-order valence-corrected chi connectivity index (χ1v) is 10.3. The molecule has 0 atom stereocenters. The molecule has 0 amide bonds. The number of nitriles is 1. The molecule has 3 rings (SSSR count). The number of carbonyl (C=O) groups is 1. The van der Waals surface area contributed by atoms with Gasteiger partial charge in [0.05, 0.1) is 29.8 Å². The number of aliphatic hydroxyl groups is 1. The molecule has 8 heteroatoms. The van der Waals surface area contributed by atoms with E-state index in [9.17, 15) is 15.2 Å². The van der Waals surface area contributed by atoms with Crippen LogP contribution in [0.5, 0.6) is 11.5 Å². The summed E-state index contributed by atoms with van der Waals surface area (Å²) in [5, 5.41) is 19.8. The Hall–Kier alpha value is -3.99. The molecule has 0 fully saturated rings. The molecule has 0 saturated heterocycles. The highest BCUT2D eigenvalue weighted by Crippen LogP contribution is 2.29. The fraction of sp³-hybridized carbons (Fsp3) is 0.292. The molecule has 1 aromatic heterocycles. The third-order valence-corrected chi connectivity index (χ3v) is 4.42. The van der Waals surface area contributed by atoms with Crippen molar-refractivity contribution in [1.82, 2.24) is 9.97 Å². The molecular weight excluding hydrogens is 410 g/mol. The van der Waals surface area contributed by atoms with Crippen molar-refractivity contribution < 1.29 is 24.1 Å². The van der Waals surface area contributed by atoms with Gasteiger partial charge in [-0.25, -0.2) is 9.78 Å². The third kappa shape index (κ3) is 5.38. The molecule has 0 aliphatic carbocycles. The number of nitrogens with zero attached hydrogens (tertiary/aromatic N) is 2. The minimum Gasteiger partial charge on any atom is -0.507 e. The number of fused-ring (bicyclic) bond motifs is 1. The van der Waals surface area contributed by atoms with Crippen LogP contribution in [0, 0.1) is 17.2 Å². The van der Waals surface area contributed by atoms with Gasteiger partial charge in [-0.3, -0.25) is 0 Å². The molecule has 0 bridgehead atoms. The molecule has 2 aromatic carbocycles. The van der Waals surface area contributed by atoms with Crippen LogP contribution in [0.25, 0.3) is 16.6 Å². The number of esters is 1. The second-order valence-corrected chi connectivity index (χ2v) is 7.41. The van der Waals surface area contributed by atoms with Gasteiger partial charge < -0.3 is 24.3 Å². The van der Waals surface area contributed by atoms with Crippen molar-refractivity contribution in [2.75, 3.05) is 19.8 Å². The van der Waals surface area contributed by atoms with Gasteiger partial charge in [-0.2, -0.15) is 5.26 Å². The smallest absolute Gasteiger partial charge is 0.338 e. The number of aromatic nitrogens is 2. The number of ether oxygens (including phenoxy) is 3. The summed E-state index contributed by atoms with van der Waals surface area (Å²) in [5.41, 5.74) is 1.52. The lowest BCUT2D eigenvalue weighted by Crippen LogP contribution is -2.11. The third-order valence-electron chi connectivity index (χ3n) is 4.42. The first-order valence-electron chi connectivity index (χ1n) is 10.3. The number of aromatic amines is 1. The van der Waals surface area contributed by atoms with Gasteiger partial charge in [0.25, 0.3) is 0 Å². The second-order valence-electron chi connectivity index (χ2n) is 7.41. The lowest BCUT2D eigenvalue weighted by atomic mass is 10.2. The van der Waals surface area contributed by atoms with E-state index in [1.807, 2.05) is 45.0 Å². The zero-order valence-electron chi connectivity index (χ0n) is 18.2. The normalized spacial score (nSPS) is 11.7. The van der Waals surface area contributed by atoms with E-state index in [0.717, 1.165) is 5.52 Å². The van der Waals surface area contributed by atoms with E-state index >= 15 is 0 Å². The van der Waals surface area contributed by atoms with Crippen molar-refractivity contribution in [2.45, 2.75) is 20.8 Å². The molecule has 0 spiro atoms. The van der Waals surface area contributed by atoms with Gasteiger partial charge >= 0.3 is 5.97 Å². The van der Waals surface area contributed by atoms with Gasteiger partial charge in [-0.1, -0.05) is 26.0 Å². The van der Waals surface area contributed by atoms with Gasteiger partial charge in [-0.15, -0.1) is 0 Å². The number of imidazole rings is 1. The van der Waals surface area contributed by atoms with Gasteiger partial charge in [0, 0.05) is 0 Å². The molecule has 0 saturated carbocycles. The topological polar surface area (TPSA) is 117 Å². The van der Waals surface area contributed by atoms with E-state index in [2.05, 4.69) is 9.97 Å². The Morgan fingerprint density at radius 2 is 1.97 bits per heavy atom. The van der Waals surface area contributed by atoms with Crippen LogP contribution in [0.3, 0.4) is 0 Å². The van der Waals surface area contributed by atoms with Crippen molar-refractivity contribution in [2.24, 2.45) is 5.92 Å². The Balaban J connectivity index is 1.74. The van der Waals surface area contributed by atoms with Gasteiger partial charge in [0.1, 0.15) is 18.2 Å². The molecular formula is C24H25N3O5. The van der Waals surface area contributed by atoms with Crippen LogP contribution >= 0.6 is 0 Å². The summed E-state index contributed by atoms with van der Waals surface area (Å²) >= 11 is 0. The maximum Gasteiger partial charge on any atom is 0.338 e. The van der Waals surface area contributed by atoms with Crippen molar-refractivity contribution in [3.63, 3.8) is 0 Å². The average molecular weight is 435 g/mol. The summed E-state index contributed by atoms with van der Waals surface area (Å²) < 4.78 is 16.5. The number of aliphatic hydroxyl groups excluding tert-OH is 1. The SMILES string of the molecule is CCOc1cc(C(=O)OC/C(O)=C(\C#N)c2nc3ccccc3[nH]2)ccc1OCC(C)C. The highest BCUT2D eigenvalue weighted by Gasteiger charge is 2.17. The summed E-state index contributed by atoms with van der Waals surface area (Å²) in [4.78, 5) is 19.8. The minimum atomic E-state index is -0.671. The molecule has 0 radical (unpaired) electrons. The zero-order chi connectivity index (χ0) is 23.1. The Bertz CT molecular complexity index is 1140. The van der Waals surface area contributed by atoms with Gasteiger partial charge in [-0.05, 0) is 43.2 Å². The molecule has 0 unspecified atom stereocenters. The summed E-state index contributed by atoms with van der Waals surface area (Å²) in [5.74, 6) is 0.438. The van der Waals surface area contributed by atoms with Crippen LogP contribution in [0.1, 0.15) is 37.0 Å². The van der Waals surface area contributed by atoms with Crippen molar-refractivity contribution in [1.29, 1.82) is 5.26 Å². The molecule has 1 heterocycles. The second kappa shape index (κ2) is 10.4.